The van der Waals surface area contributed by atoms with Crippen LogP contribution >= 0.6 is 0 Å². The molecule has 1 aromatic rings. The molecule has 0 atom stereocenters. The van der Waals surface area contributed by atoms with Crippen molar-refractivity contribution >= 4 is 30.2 Å². The summed E-state index contributed by atoms with van der Waals surface area (Å²) >= 11 is -2.39. The third-order valence-corrected chi connectivity index (χ3v) is 27.5. The van der Waals surface area contributed by atoms with E-state index in [1.807, 2.05) is 0 Å². The fourth-order valence-electron chi connectivity index (χ4n) is 3.95. The van der Waals surface area contributed by atoms with Crippen molar-refractivity contribution < 1.29 is 0 Å². The molecule has 1 heterocycles. The van der Waals surface area contributed by atoms with Crippen LogP contribution in [0.3, 0.4) is 0 Å². The van der Waals surface area contributed by atoms with E-state index in [0.717, 1.165) is 0 Å². The van der Waals surface area contributed by atoms with Crippen LogP contribution in [-0.4, -0.2) is 31.4 Å². The van der Waals surface area contributed by atoms with Crippen LogP contribution in [0.15, 0.2) is 18.3 Å². The van der Waals surface area contributed by atoms with Crippen molar-refractivity contribution in [3.05, 3.63) is 23.9 Å². The van der Waals surface area contributed by atoms with Crippen LogP contribution in [0.25, 0.3) is 0 Å². The molecule has 3 heteroatoms. The summed E-state index contributed by atoms with van der Waals surface area (Å²) < 4.78 is 6.15. The number of aromatic nitrogens is 1. The Morgan fingerprint density at radius 2 is 1.37 bits per heavy atom. The first-order chi connectivity index (χ1) is 12.6. The molecule has 1 aromatic heterocycles. The van der Waals surface area contributed by atoms with Gasteiger partial charge in [-0.2, -0.15) is 0 Å². The number of hydrogen-bond acceptors (Lipinski definition) is 1. The van der Waals surface area contributed by atoms with Crippen molar-refractivity contribution in [3.63, 3.8) is 0 Å². The molecule has 0 aliphatic rings. The molecule has 0 aromatic carbocycles. The third-order valence-electron chi connectivity index (χ3n) is 7.07. The van der Waals surface area contributed by atoms with E-state index in [9.17, 15) is 0 Å². The van der Waals surface area contributed by atoms with E-state index in [1.165, 1.54) is 57.9 Å². The minimum atomic E-state index is -2.39. The standard InChI is InChI=1S/C12H20NSi.3C4H9.Sn/c1-12(2,3)14(4,5)10-11-6-8-13-9-7-11;3*1-3-4-2;/h6-8H,10H2,1-5H3;3*1,3-4H2,2H3;. The Morgan fingerprint density at radius 1 is 0.889 bits per heavy atom. The van der Waals surface area contributed by atoms with Gasteiger partial charge in [-0.05, 0) is 0 Å². The zero-order valence-corrected chi connectivity index (χ0v) is 23.6. The zero-order valence-electron chi connectivity index (χ0n) is 19.8. The summed E-state index contributed by atoms with van der Waals surface area (Å²) in [6.07, 6.45) is 10.4. The molecule has 0 spiro atoms. The number of hydrogen-bond donors (Lipinski definition) is 0. The second-order valence-corrected chi connectivity index (χ2v) is 29.1. The van der Waals surface area contributed by atoms with Gasteiger partial charge in [0, 0.05) is 0 Å². The quantitative estimate of drug-likeness (QED) is 0.270. The number of nitrogens with zero attached hydrogens (tertiary/aromatic N) is 1. The van der Waals surface area contributed by atoms with Gasteiger partial charge in [-0.1, -0.05) is 0 Å². The Kier molecular flexibility index (Phi) is 10.6. The average molecular weight is 496 g/mol. The van der Waals surface area contributed by atoms with E-state index in [4.69, 9.17) is 4.98 Å². The molecule has 0 amide bonds. The van der Waals surface area contributed by atoms with E-state index < -0.39 is 26.5 Å². The molecule has 0 radical (unpaired) electrons. The predicted octanol–water partition coefficient (Wildman–Crippen LogP) is 7.73. The van der Waals surface area contributed by atoms with Crippen molar-refractivity contribution in [2.45, 2.75) is 118 Å². The SMILES string of the molecule is CCC[CH2][Sn]([CH2]CCC)([CH2]CCC)[c]1cc(C[Si](C)(C)C(C)(C)C)ccn1. The third kappa shape index (κ3) is 7.49. The Bertz CT molecular complexity index is 526. The first-order valence-corrected chi connectivity index (χ1v) is 22.3. The van der Waals surface area contributed by atoms with E-state index in [0.29, 0.717) is 5.04 Å². The fraction of sp³-hybridized carbons (Fsp3) is 0.792. The number of rotatable bonds is 12. The van der Waals surface area contributed by atoms with E-state index in [-0.39, 0.29) is 0 Å². The van der Waals surface area contributed by atoms with Crippen molar-refractivity contribution in [2.75, 3.05) is 0 Å². The Hall–Kier alpha value is 0.166. The number of unbranched alkanes of at least 4 members (excludes halogenated alkanes) is 3. The Balaban J connectivity index is 3.24. The molecule has 27 heavy (non-hydrogen) atoms. The van der Waals surface area contributed by atoms with Gasteiger partial charge in [-0.3, -0.25) is 0 Å². The summed E-state index contributed by atoms with van der Waals surface area (Å²) in [5, 5.41) is 0.448. The first-order valence-electron chi connectivity index (χ1n) is 11.6. The van der Waals surface area contributed by atoms with Crippen LogP contribution in [0.1, 0.15) is 85.6 Å². The summed E-state index contributed by atoms with van der Waals surface area (Å²) in [6, 6.07) is 6.21. The predicted molar refractivity (Wildman–Crippen MR) is 130 cm³/mol. The zero-order chi connectivity index (χ0) is 20.6. The van der Waals surface area contributed by atoms with E-state index in [1.54, 1.807) is 9.27 Å². The molecule has 0 fully saturated rings. The molecule has 0 saturated heterocycles. The van der Waals surface area contributed by atoms with Crippen LogP contribution in [0.5, 0.6) is 0 Å². The van der Waals surface area contributed by atoms with Gasteiger partial charge >= 0.3 is 177 Å². The molecule has 1 nitrogen and oxygen atoms in total. The van der Waals surface area contributed by atoms with Crippen molar-refractivity contribution in [1.29, 1.82) is 0 Å². The summed E-state index contributed by atoms with van der Waals surface area (Å²) in [4.78, 5) is 5.07. The van der Waals surface area contributed by atoms with Gasteiger partial charge in [0.2, 0.25) is 0 Å². The fourth-order valence-corrected chi connectivity index (χ4v) is 21.3. The summed E-state index contributed by atoms with van der Waals surface area (Å²) in [5.41, 5.74) is 1.58. The molecule has 0 aliphatic heterocycles. The first kappa shape index (κ1) is 25.2. The van der Waals surface area contributed by atoms with Crippen molar-refractivity contribution in [2.24, 2.45) is 0 Å². The molecular formula is C24H47NSiSn. The van der Waals surface area contributed by atoms with Crippen LogP contribution in [0, 0.1) is 0 Å². The van der Waals surface area contributed by atoms with Gasteiger partial charge < -0.3 is 0 Å². The van der Waals surface area contributed by atoms with Crippen LogP contribution in [-0.2, 0) is 6.04 Å². The van der Waals surface area contributed by atoms with E-state index in [2.05, 4.69) is 73.0 Å². The van der Waals surface area contributed by atoms with Crippen molar-refractivity contribution in [1.82, 2.24) is 4.98 Å². The van der Waals surface area contributed by atoms with Crippen LogP contribution < -0.4 is 3.71 Å². The number of pyridine rings is 1. The summed E-state index contributed by atoms with van der Waals surface area (Å²) in [5.74, 6) is 0. The molecule has 0 saturated carbocycles. The molecule has 0 bridgehead atoms. The molecule has 0 aliphatic carbocycles. The van der Waals surface area contributed by atoms with Gasteiger partial charge in [0.25, 0.3) is 0 Å². The minimum absolute atomic E-state index is 0.448. The van der Waals surface area contributed by atoms with Crippen LogP contribution in [0.2, 0.25) is 31.4 Å². The second kappa shape index (κ2) is 11.4. The normalized spacial score (nSPS) is 13.2. The van der Waals surface area contributed by atoms with Crippen LogP contribution in [0.4, 0.5) is 0 Å². The second-order valence-electron chi connectivity index (χ2n) is 10.5. The average Bonchev–Trinajstić information content (AvgIpc) is 2.60. The van der Waals surface area contributed by atoms with Gasteiger partial charge in [0.15, 0.2) is 0 Å². The van der Waals surface area contributed by atoms with Gasteiger partial charge in [-0.25, -0.2) is 0 Å². The Morgan fingerprint density at radius 3 is 1.78 bits per heavy atom. The molecular weight excluding hydrogens is 449 g/mol. The molecule has 0 N–H and O–H groups in total. The monoisotopic (exact) mass is 497 g/mol. The molecule has 156 valence electrons. The van der Waals surface area contributed by atoms with Gasteiger partial charge in [0.1, 0.15) is 0 Å². The maximum absolute atomic E-state index is 5.07. The van der Waals surface area contributed by atoms with Crippen molar-refractivity contribution in [3.8, 4) is 0 Å². The van der Waals surface area contributed by atoms with Gasteiger partial charge in [-0.15, -0.1) is 0 Å². The molecule has 1 rings (SSSR count). The van der Waals surface area contributed by atoms with Gasteiger partial charge in [0.05, 0.1) is 0 Å². The Labute approximate surface area is 176 Å². The summed E-state index contributed by atoms with van der Waals surface area (Å²) in [6.45, 7) is 19.5. The summed E-state index contributed by atoms with van der Waals surface area (Å²) in [7, 11) is -1.31. The maximum atomic E-state index is 5.07. The van der Waals surface area contributed by atoms with E-state index >= 15 is 0 Å². The topological polar surface area (TPSA) is 12.9 Å². The molecule has 0 unspecified atom stereocenters.